The van der Waals surface area contributed by atoms with Gasteiger partial charge in [0.15, 0.2) is 0 Å². The molecular weight excluding hydrogens is 332 g/mol. The van der Waals surface area contributed by atoms with E-state index in [0.717, 1.165) is 38.8 Å². The maximum atomic E-state index is 11.8. The van der Waals surface area contributed by atoms with Gasteiger partial charge in [0.2, 0.25) is 0 Å². The highest BCUT2D eigenvalue weighted by Gasteiger charge is 2.15. The lowest BCUT2D eigenvalue weighted by Gasteiger charge is -2.26. The van der Waals surface area contributed by atoms with Gasteiger partial charge in [-0.3, -0.25) is 0 Å². The minimum atomic E-state index is -0.555. The number of carbonyl (C=O) groups is 1. The van der Waals surface area contributed by atoms with E-state index < -0.39 is 6.16 Å². The predicted octanol–water partition coefficient (Wildman–Crippen LogP) is 1.68. The van der Waals surface area contributed by atoms with Crippen LogP contribution >= 0.6 is 0 Å². The Balaban J connectivity index is 4.02. The molecule has 0 saturated heterocycles. The van der Waals surface area contributed by atoms with Crippen LogP contribution in [0, 0.1) is 0 Å². The van der Waals surface area contributed by atoms with Gasteiger partial charge < -0.3 is 29.1 Å². The first-order chi connectivity index (χ1) is 12.1. The highest BCUT2D eigenvalue weighted by Crippen LogP contribution is 2.08. The second-order valence-electron chi connectivity index (χ2n) is 7.94. The Kier molecular flexibility index (Phi) is 13.7. The van der Waals surface area contributed by atoms with E-state index >= 15 is 0 Å². The Morgan fingerprint density at radius 3 is 1.27 bits per heavy atom. The van der Waals surface area contributed by atoms with Crippen molar-refractivity contribution in [2.75, 3.05) is 82.7 Å². The molecule has 0 aromatic heterocycles. The lowest BCUT2D eigenvalue weighted by molar-refractivity contribution is 0.0432. The maximum Gasteiger partial charge on any atom is 0.508 e. The van der Waals surface area contributed by atoms with Crippen molar-refractivity contribution in [2.45, 2.75) is 37.8 Å². The lowest BCUT2D eigenvalue weighted by Crippen LogP contribution is -2.33. The van der Waals surface area contributed by atoms with E-state index in [4.69, 9.17) is 9.47 Å². The molecule has 2 atom stereocenters. The topological polar surface area (TPSA) is 48.5 Å². The van der Waals surface area contributed by atoms with Gasteiger partial charge >= 0.3 is 6.16 Å². The fraction of sp³-hybridized carbons (Fsp3) is 0.947. The van der Waals surface area contributed by atoms with E-state index in [1.165, 1.54) is 0 Å². The van der Waals surface area contributed by atoms with Crippen LogP contribution in [-0.2, 0) is 9.47 Å². The van der Waals surface area contributed by atoms with Gasteiger partial charge in [0, 0.05) is 12.1 Å². The summed E-state index contributed by atoms with van der Waals surface area (Å²) in [6.45, 7) is 2.83. The minimum Gasteiger partial charge on any atom is -0.434 e. The standard InChI is InChI=1S/C19H42N4O3/c1-20(2)13-9-17(22(5)6)11-15-25-19(24)26-16-12-18(23(7)8)10-14-21(3)4/h17-18H,9-16H2,1-8H3. The van der Waals surface area contributed by atoms with Crippen molar-refractivity contribution in [2.24, 2.45) is 0 Å². The molecule has 0 aromatic carbocycles. The van der Waals surface area contributed by atoms with Crippen LogP contribution in [0.25, 0.3) is 0 Å². The predicted molar refractivity (Wildman–Crippen MR) is 108 cm³/mol. The molecule has 156 valence electrons. The SMILES string of the molecule is CN(C)CCC(CCOC(=O)OCCC(CCN(C)C)N(C)C)N(C)C. The molecule has 7 heteroatoms. The van der Waals surface area contributed by atoms with Crippen LogP contribution in [-0.4, -0.2) is 121 Å². The summed E-state index contributed by atoms with van der Waals surface area (Å²) in [5, 5.41) is 0. The number of ether oxygens (including phenoxy) is 2. The van der Waals surface area contributed by atoms with Crippen LogP contribution < -0.4 is 0 Å². The first-order valence-electron chi connectivity index (χ1n) is 9.55. The van der Waals surface area contributed by atoms with Crippen molar-refractivity contribution in [3.05, 3.63) is 0 Å². The van der Waals surface area contributed by atoms with Crippen LogP contribution in [0.4, 0.5) is 4.79 Å². The highest BCUT2D eigenvalue weighted by molar-refractivity contribution is 5.59. The molecule has 2 unspecified atom stereocenters. The molecule has 0 saturated carbocycles. The number of carbonyl (C=O) groups excluding carboxylic acids is 1. The maximum absolute atomic E-state index is 11.8. The third-order valence-electron chi connectivity index (χ3n) is 4.62. The Morgan fingerprint density at radius 1 is 0.654 bits per heavy atom. The third-order valence-corrected chi connectivity index (χ3v) is 4.62. The van der Waals surface area contributed by atoms with Crippen LogP contribution in [0.15, 0.2) is 0 Å². The van der Waals surface area contributed by atoms with Gasteiger partial charge in [-0.15, -0.1) is 0 Å². The summed E-state index contributed by atoms with van der Waals surface area (Å²) in [5.74, 6) is 0. The first-order valence-corrected chi connectivity index (χ1v) is 9.55. The second kappa shape index (κ2) is 14.2. The quantitative estimate of drug-likeness (QED) is 0.429. The van der Waals surface area contributed by atoms with Crippen molar-refractivity contribution in [3.8, 4) is 0 Å². The molecule has 0 aliphatic heterocycles. The molecule has 0 rings (SSSR count). The zero-order chi connectivity index (χ0) is 20.1. The Bertz CT molecular complexity index is 331. The average Bonchev–Trinajstić information content (AvgIpc) is 2.52. The Labute approximate surface area is 161 Å². The van der Waals surface area contributed by atoms with Gasteiger partial charge in [-0.05, 0) is 95.2 Å². The number of nitrogens with zero attached hydrogens (tertiary/aromatic N) is 4. The highest BCUT2D eigenvalue weighted by atomic mass is 16.7. The fourth-order valence-electron chi connectivity index (χ4n) is 2.73. The summed E-state index contributed by atoms with van der Waals surface area (Å²) in [6, 6.07) is 0.795. The van der Waals surface area contributed by atoms with Crippen molar-refractivity contribution in [3.63, 3.8) is 0 Å². The fourth-order valence-corrected chi connectivity index (χ4v) is 2.73. The normalized spacial score (nSPS) is 14.3. The van der Waals surface area contributed by atoms with E-state index in [2.05, 4.69) is 76.0 Å². The summed E-state index contributed by atoms with van der Waals surface area (Å²) in [4.78, 5) is 20.5. The molecule has 0 amide bonds. The third kappa shape index (κ3) is 13.3. The van der Waals surface area contributed by atoms with Crippen molar-refractivity contribution < 1.29 is 14.3 Å². The summed E-state index contributed by atoms with van der Waals surface area (Å²) >= 11 is 0. The van der Waals surface area contributed by atoms with Crippen LogP contribution in [0.1, 0.15) is 25.7 Å². The summed E-state index contributed by atoms with van der Waals surface area (Å²) in [6.07, 6.45) is 3.18. The van der Waals surface area contributed by atoms with Crippen LogP contribution in [0.5, 0.6) is 0 Å². The number of hydrogen-bond donors (Lipinski definition) is 0. The molecule has 0 aromatic rings. The van der Waals surface area contributed by atoms with Gasteiger partial charge in [0.05, 0.1) is 13.2 Å². The molecule has 0 aliphatic rings. The zero-order valence-electron chi connectivity index (χ0n) is 18.3. The Morgan fingerprint density at radius 2 is 1.00 bits per heavy atom. The number of hydrogen-bond acceptors (Lipinski definition) is 7. The van der Waals surface area contributed by atoms with Crippen molar-refractivity contribution in [1.29, 1.82) is 0 Å². The van der Waals surface area contributed by atoms with E-state index in [-0.39, 0.29) is 0 Å². The first kappa shape index (κ1) is 25.1. The lowest BCUT2D eigenvalue weighted by atomic mass is 10.1. The van der Waals surface area contributed by atoms with Gasteiger partial charge in [0.25, 0.3) is 0 Å². The minimum absolute atomic E-state index is 0.396. The van der Waals surface area contributed by atoms with E-state index in [9.17, 15) is 4.79 Å². The van der Waals surface area contributed by atoms with E-state index in [1.54, 1.807) is 0 Å². The molecule has 0 heterocycles. The molecule has 0 aliphatic carbocycles. The molecule has 0 radical (unpaired) electrons. The van der Waals surface area contributed by atoms with Crippen molar-refractivity contribution >= 4 is 6.16 Å². The van der Waals surface area contributed by atoms with Crippen LogP contribution in [0.3, 0.4) is 0 Å². The molecule has 0 fully saturated rings. The second-order valence-corrected chi connectivity index (χ2v) is 7.94. The summed E-state index contributed by atoms with van der Waals surface area (Å²) in [7, 11) is 16.5. The Hall–Kier alpha value is -0.890. The average molecular weight is 375 g/mol. The summed E-state index contributed by atoms with van der Waals surface area (Å²) < 4.78 is 10.5. The van der Waals surface area contributed by atoms with Gasteiger partial charge in [0.1, 0.15) is 0 Å². The zero-order valence-corrected chi connectivity index (χ0v) is 18.3. The van der Waals surface area contributed by atoms with Crippen molar-refractivity contribution in [1.82, 2.24) is 19.6 Å². The van der Waals surface area contributed by atoms with Gasteiger partial charge in [-0.1, -0.05) is 0 Å². The molecule has 0 bridgehead atoms. The molecule has 26 heavy (non-hydrogen) atoms. The monoisotopic (exact) mass is 374 g/mol. The molecular formula is C19H42N4O3. The van der Waals surface area contributed by atoms with E-state index in [1.807, 2.05) is 0 Å². The van der Waals surface area contributed by atoms with E-state index in [0.29, 0.717) is 25.3 Å². The largest absolute Gasteiger partial charge is 0.508 e. The van der Waals surface area contributed by atoms with Gasteiger partial charge in [-0.2, -0.15) is 0 Å². The van der Waals surface area contributed by atoms with Crippen LogP contribution in [0.2, 0.25) is 0 Å². The molecule has 7 nitrogen and oxygen atoms in total. The number of rotatable bonds is 14. The molecule has 0 spiro atoms. The molecule has 0 N–H and O–H groups in total. The van der Waals surface area contributed by atoms with Gasteiger partial charge in [-0.25, -0.2) is 4.79 Å². The summed E-state index contributed by atoms with van der Waals surface area (Å²) in [5.41, 5.74) is 0. The smallest absolute Gasteiger partial charge is 0.434 e.